The number of rotatable bonds is 4. The van der Waals surface area contributed by atoms with Gasteiger partial charge in [-0.1, -0.05) is 42.4 Å². The lowest BCUT2D eigenvalue weighted by Crippen LogP contribution is -2.27. The maximum absolute atomic E-state index is 12.3. The molecule has 4 heteroatoms. The molecule has 1 aliphatic carbocycles. The molecule has 1 N–H and O–H groups in total. The van der Waals surface area contributed by atoms with Crippen LogP contribution in [-0.2, 0) is 6.42 Å². The highest BCUT2D eigenvalue weighted by molar-refractivity contribution is 5.96. The molecule has 1 aromatic carbocycles. The molecule has 3 rings (SSSR count). The van der Waals surface area contributed by atoms with Gasteiger partial charge in [0, 0.05) is 12.0 Å². The Morgan fingerprint density at radius 2 is 2.15 bits per heavy atom. The highest BCUT2D eigenvalue weighted by atomic mass is 16.5. The Morgan fingerprint density at radius 1 is 1.40 bits per heavy atom. The molecule has 0 saturated heterocycles. The van der Waals surface area contributed by atoms with Gasteiger partial charge in [-0.15, -0.1) is 0 Å². The van der Waals surface area contributed by atoms with Crippen molar-refractivity contribution >= 4 is 5.91 Å². The molecule has 2 aromatic rings. The lowest BCUT2D eigenvalue weighted by atomic mass is 10.1. The Morgan fingerprint density at radius 3 is 2.85 bits per heavy atom. The first kappa shape index (κ1) is 12.9. The topological polar surface area (TPSA) is 55.1 Å². The molecule has 2 unspecified atom stereocenters. The first-order chi connectivity index (χ1) is 9.70. The predicted octanol–water partition coefficient (Wildman–Crippen LogP) is 2.83. The molecule has 2 atom stereocenters. The van der Waals surface area contributed by atoms with Crippen molar-refractivity contribution in [1.29, 1.82) is 0 Å². The van der Waals surface area contributed by atoms with Gasteiger partial charge in [-0.2, -0.15) is 0 Å². The summed E-state index contributed by atoms with van der Waals surface area (Å²) in [5.74, 6) is 0.964. The minimum atomic E-state index is -0.0657. The quantitative estimate of drug-likeness (QED) is 0.929. The van der Waals surface area contributed by atoms with Crippen molar-refractivity contribution in [3.63, 3.8) is 0 Å². The molecule has 104 valence electrons. The minimum Gasteiger partial charge on any atom is -0.361 e. The second-order valence-corrected chi connectivity index (χ2v) is 5.25. The summed E-state index contributed by atoms with van der Waals surface area (Å²) in [6, 6.07) is 10.5. The van der Waals surface area contributed by atoms with E-state index >= 15 is 0 Å². The number of hydrogen-bond donors (Lipinski definition) is 1. The van der Waals surface area contributed by atoms with E-state index in [1.165, 1.54) is 5.56 Å². The second-order valence-electron chi connectivity index (χ2n) is 5.25. The lowest BCUT2D eigenvalue weighted by molar-refractivity contribution is 0.0948. The van der Waals surface area contributed by atoms with Gasteiger partial charge in [-0.05, 0) is 25.3 Å². The fraction of sp³-hybridized carbons (Fsp3) is 0.375. The van der Waals surface area contributed by atoms with E-state index in [9.17, 15) is 4.79 Å². The van der Waals surface area contributed by atoms with Crippen LogP contribution in [0.3, 0.4) is 0 Å². The van der Waals surface area contributed by atoms with Crippen molar-refractivity contribution in [3.8, 4) is 0 Å². The first-order valence-electron chi connectivity index (χ1n) is 7.01. The molecule has 1 heterocycles. The van der Waals surface area contributed by atoms with Crippen molar-refractivity contribution in [1.82, 2.24) is 10.5 Å². The number of benzene rings is 1. The molecule has 0 spiro atoms. The van der Waals surface area contributed by atoms with Crippen LogP contribution in [0, 0.1) is 6.92 Å². The number of carbonyl (C=O) groups is 1. The molecule has 1 amide bonds. The van der Waals surface area contributed by atoms with Crippen LogP contribution in [0.25, 0.3) is 0 Å². The monoisotopic (exact) mass is 270 g/mol. The van der Waals surface area contributed by atoms with E-state index < -0.39 is 0 Å². The second kappa shape index (κ2) is 5.12. The summed E-state index contributed by atoms with van der Waals surface area (Å²) in [7, 11) is 0. The van der Waals surface area contributed by atoms with E-state index in [-0.39, 0.29) is 11.9 Å². The number of aromatic nitrogens is 1. The summed E-state index contributed by atoms with van der Waals surface area (Å²) in [4.78, 5) is 12.3. The molecular formula is C16H18N2O2. The Bertz CT molecular complexity index is 619. The third-order valence-electron chi connectivity index (χ3n) is 3.83. The van der Waals surface area contributed by atoms with Crippen molar-refractivity contribution < 1.29 is 9.32 Å². The zero-order valence-corrected chi connectivity index (χ0v) is 11.7. The molecular weight excluding hydrogens is 252 g/mol. The average Bonchev–Trinajstić information content (AvgIpc) is 3.12. The Hall–Kier alpha value is -2.10. The van der Waals surface area contributed by atoms with Gasteiger partial charge in [0.05, 0.1) is 5.69 Å². The van der Waals surface area contributed by atoms with Gasteiger partial charge in [0.1, 0.15) is 11.3 Å². The van der Waals surface area contributed by atoms with E-state index in [2.05, 4.69) is 22.6 Å². The van der Waals surface area contributed by atoms with E-state index in [4.69, 9.17) is 4.52 Å². The zero-order valence-electron chi connectivity index (χ0n) is 11.7. The van der Waals surface area contributed by atoms with Crippen LogP contribution in [0.5, 0.6) is 0 Å². The molecule has 1 aromatic heterocycles. The Labute approximate surface area is 118 Å². The summed E-state index contributed by atoms with van der Waals surface area (Å²) in [5.41, 5.74) is 2.62. The maximum atomic E-state index is 12.3. The molecule has 1 saturated carbocycles. The SMILES string of the molecule is CCc1noc(C)c1C(=O)NC1CC1c1ccccc1. The molecule has 0 bridgehead atoms. The lowest BCUT2D eigenvalue weighted by Gasteiger charge is -2.05. The van der Waals surface area contributed by atoms with Gasteiger partial charge in [-0.25, -0.2) is 0 Å². The molecule has 0 radical (unpaired) electrons. The summed E-state index contributed by atoms with van der Waals surface area (Å²) in [6.45, 7) is 3.75. The molecule has 0 aliphatic heterocycles. The minimum absolute atomic E-state index is 0.0657. The third-order valence-corrected chi connectivity index (χ3v) is 3.83. The average molecular weight is 270 g/mol. The van der Waals surface area contributed by atoms with E-state index in [0.29, 0.717) is 23.7 Å². The van der Waals surface area contributed by atoms with Crippen molar-refractivity contribution in [2.45, 2.75) is 38.6 Å². The smallest absolute Gasteiger partial charge is 0.257 e. The van der Waals surface area contributed by atoms with Gasteiger partial charge in [0.25, 0.3) is 5.91 Å². The van der Waals surface area contributed by atoms with E-state index in [1.807, 2.05) is 25.1 Å². The largest absolute Gasteiger partial charge is 0.361 e. The van der Waals surface area contributed by atoms with Crippen LogP contribution in [0.4, 0.5) is 0 Å². The molecule has 20 heavy (non-hydrogen) atoms. The van der Waals surface area contributed by atoms with E-state index in [1.54, 1.807) is 6.92 Å². The first-order valence-corrected chi connectivity index (χ1v) is 7.01. The van der Waals surface area contributed by atoms with Crippen LogP contribution in [0.1, 0.15) is 46.6 Å². The predicted molar refractivity (Wildman–Crippen MR) is 75.7 cm³/mol. The van der Waals surface area contributed by atoms with Crippen LogP contribution < -0.4 is 5.32 Å². The number of hydrogen-bond acceptors (Lipinski definition) is 3. The standard InChI is InChI=1S/C16H18N2O2/c1-3-13-15(10(2)20-18-13)16(19)17-14-9-12(14)11-7-5-4-6-8-11/h4-8,12,14H,3,9H2,1-2H3,(H,17,19). The van der Waals surface area contributed by atoms with Gasteiger partial charge < -0.3 is 9.84 Å². The van der Waals surface area contributed by atoms with Crippen molar-refractivity contribution in [2.24, 2.45) is 0 Å². The Balaban J connectivity index is 1.68. The summed E-state index contributed by atoms with van der Waals surface area (Å²) in [6.07, 6.45) is 1.70. The Kier molecular flexibility index (Phi) is 3.30. The number of carbonyl (C=O) groups excluding carboxylic acids is 1. The zero-order chi connectivity index (χ0) is 14.1. The highest BCUT2D eigenvalue weighted by Gasteiger charge is 2.40. The van der Waals surface area contributed by atoms with Crippen LogP contribution in [0.2, 0.25) is 0 Å². The van der Waals surface area contributed by atoms with Crippen LogP contribution in [-0.4, -0.2) is 17.1 Å². The van der Waals surface area contributed by atoms with E-state index in [0.717, 1.165) is 12.1 Å². The fourth-order valence-electron chi connectivity index (χ4n) is 2.61. The fourth-order valence-corrected chi connectivity index (χ4v) is 2.61. The summed E-state index contributed by atoms with van der Waals surface area (Å²) >= 11 is 0. The van der Waals surface area contributed by atoms with Crippen LogP contribution in [0.15, 0.2) is 34.9 Å². The van der Waals surface area contributed by atoms with Gasteiger partial charge in [0.15, 0.2) is 0 Å². The molecule has 1 fully saturated rings. The highest BCUT2D eigenvalue weighted by Crippen LogP contribution is 2.40. The van der Waals surface area contributed by atoms with Crippen molar-refractivity contribution in [3.05, 3.63) is 52.9 Å². The number of nitrogens with one attached hydrogen (secondary N) is 1. The third kappa shape index (κ3) is 2.33. The van der Waals surface area contributed by atoms with Gasteiger partial charge >= 0.3 is 0 Å². The van der Waals surface area contributed by atoms with Crippen LogP contribution >= 0.6 is 0 Å². The normalized spacial score (nSPS) is 20.7. The maximum Gasteiger partial charge on any atom is 0.257 e. The van der Waals surface area contributed by atoms with Gasteiger partial charge in [-0.3, -0.25) is 4.79 Å². The van der Waals surface area contributed by atoms with Gasteiger partial charge in [0.2, 0.25) is 0 Å². The summed E-state index contributed by atoms with van der Waals surface area (Å²) in [5, 5.41) is 7.01. The molecule has 4 nitrogen and oxygen atoms in total. The number of nitrogens with zero attached hydrogens (tertiary/aromatic N) is 1. The summed E-state index contributed by atoms with van der Waals surface area (Å²) < 4.78 is 5.11. The molecule has 1 aliphatic rings. The number of amides is 1. The number of aryl methyl sites for hydroxylation is 2. The van der Waals surface area contributed by atoms with Crippen molar-refractivity contribution in [2.75, 3.05) is 0 Å².